The summed E-state index contributed by atoms with van der Waals surface area (Å²) in [5.74, 6) is -0.607. The Labute approximate surface area is 334 Å². The Morgan fingerprint density at radius 2 is 1.52 bits per heavy atom. The van der Waals surface area contributed by atoms with Crippen molar-refractivity contribution < 1.29 is 63.8 Å². The quantitative estimate of drug-likeness (QED) is 0.0319. The van der Waals surface area contributed by atoms with Crippen molar-refractivity contribution in [1.82, 2.24) is 35.9 Å². The lowest BCUT2D eigenvalue weighted by atomic mass is 9.97. The van der Waals surface area contributed by atoms with Gasteiger partial charge in [-0.2, -0.15) is 0 Å². The summed E-state index contributed by atoms with van der Waals surface area (Å²) in [6.45, 7) is 6.97. The molecule has 0 saturated heterocycles. The van der Waals surface area contributed by atoms with E-state index < -0.39 is 35.2 Å². The fourth-order valence-electron chi connectivity index (χ4n) is 5.67. The number of amides is 1. The van der Waals surface area contributed by atoms with Crippen molar-refractivity contribution in [2.75, 3.05) is 26.4 Å². The van der Waals surface area contributed by atoms with Gasteiger partial charge in [0.1, 0.15) is 18.4 Å². The molecule has 2 atom stereocenters. The average Bonchev–Trinajstić information content (AvgIpc) is 3.69. The Balaban J connectivity index is 1.45. The smallest absolute Gasteiger partial charge is 0.432 e. The number of esters is 1. The van der Waals surface area contributed by atoms with Crippen LogP contribution in [0, 0.1) is 5.92 Å². The number of nitrogens with zero attached hydrogens (tertiary/aromatic N) is 7. The van der Waals surface area contributed by atoms with Crippen LogP contribution in [0.25, 0.3) is 22.5 Å². The summed E-state index contributed by atoms with van der Waals surface area (Å²) in [4.78, 5) is 51.3. The van der Waals surface area contributed by atoms with Crippen LogP contribution in [0.3, 0.4) is 0 Å². The van der Waals surface area contributed by atoms with Crippen LogP contribution in [0.1, 0.15) is 64.3 Å². The molecule has 0 spiro atoms. The predicted octanol–water partition coefficient (Wildman–Crippen LogP) is 5.37. The van der Waals surface area contributed by atoms with Gasteiger partial charge in [0.15, 0.2) is 0 Å². The van der Waals surface area contributed by atoms with Gasteiger partial charge in [0.25, 0.3) is 0 Å². The third-order valence-corrected chi connectivity index (χ3v) is 8.42. The summed E-state index contributed by atoms with van der Waals surface area (Å²) in [5, 5.41) is 46.6. The average molecular weight is 812 g/mol. The Bertz CT molecular complexity index is 1890. The number of hydrogen-bond acceptors (Lipinski definition) is 18. The maximum Gasteiger partial charge on any atom is 0.510 e. The second-order valence-electron chi connectivity index (χ2n) is 13.1. The minimum Gasteiger partial charge on any atom is -0.432 e. The number of carbonyl (C=O) groups excluding carboxylic acids is 3. The molecule has 0 bridgehead atoms. The van der Waals surface area contributed by atoms with E-state index in [1.165, 1.54) is 6.07 Å². The molecule has 0 aliphatic carbocycles. The van der Waals surface area contributed by atoms with Crippen molar-refractivity contribution in [2.45, 2.75) is 72.4 Å². The summed E-state index contributed by atoms with van der Waals surface area (Å²) < 4.78 is 21.1. The van der Waals surface area contributed by atoms with Gasteiger partial charge in [-0.15, -0.1) is 15.0 Å². The van der Waals surface area contributed by atoms with E-state index in [0.717, 1.165) is 27.9 Å². The zero-order valence-electron chi connectivity index (χ0n) is 32.6. The van der Waals surface area contributed by atoms with E-state index in [1.54, 1.807) is 30.0 Å². The van der Waals surface area contributed by atoms with Gasteiger partial charge in [0, 0.05) is 18.5 Å². The number of carbonyl (C=O) groups is 3. The lowest BCUT2D eigenvalue weighted by molar-refractivity contribution is -0.497. The number of benzene rings is 3. The Hall–Kier alpha value is -5.42. The first-order chi connectivity index (χ1) is 27.9. The number of hydrogen-bond donors (Lipinski definition) is 4. The normalized spacial score (nSPS) is 12.5. The third-order valence-electron chi connectivity index (χ3n) is 8.42. The molecule has 0 radical (unpaired) electrons. The minimum absolute atomic E-state index is 0.0165. The molecule has 1 amide bonds. The molecule has 20 nitrogen and oxygen atoms in total. The molecular formula is C38H49N7O13. The second-order valence-corrected chi connectivity index (χ2v) is 13.1. The van der Waals surface area contributed by atoms with Gasteiger partial charge >= 0.3 is 12.1 Å². The molecule has 314 valence electrons. The third kappa shape index (κ3) is 14.2. The van der Waals surface area contributed by atoms with Crippen molar-refractivity contribution in [2.24, 2.45) is 5.92 Å². The van der Waals surface area contributed by atoms with Crippen molar-refractivity contribution in [3.8, 4) is 28.3 Å². The van der Waals surface area contributed by atoms with Crippen LogP contribution in [-0.2, 0) is 46.6 Å². The van der Waals surface area contributed by atoms with Gasteiger partial charge in [0.05, 0.1) is 37.2 Å². The number of unbranched alkanes of at least 4 members (excludes halogenated alkanes) is 1. The first-order valence-electron chi connectivity index (χ1n) is 18.5. The highest BCUT2D eigenvalue weighted by Gasteiger charge is 2.34. The molecule has 3 aromatic carbocycles. The van der Waals surface area contributed by atoms with Crippen molar-refractivity contribution in [3.05, 3.63) is 83.9 Å². The standard InChI is InChI=1S/C38H49N7O13/c1-5-6-14-34(46)42(35(26(2)3)37(47)58-31-11-9-10-29(23-31)25-56-45(51)52)24-28-15-17-30(18-16-28)32-12-7-8-13-33(32)36-39-41-43(40-36)27(4)57-38(48)54-21-19-53-20-22-55-44(49)50/h7-13,15-18,23,26-27,35,49-52H,5-6,14,19-22,24-25H2,1-4H3/t27?,35-/m0/s1. The Morgan fingerprint density at radius 1 is 0.810 bits per heavy atom. The summed E-state index contributed by atoms with van der Waals surface area (Å²) >= 11 is 0. The molecule has 4 rings (SSSR count). The topological polar surface area (TPSA) is 241 Å². The van der Waals surface area contributed by atoms with Gasteiger partial charge in [-0.25, -0.2) is 19.3 Å². The van der Waals surface area contributed by atoms with Crippen LogP contribution in [0.15, 0.2) is 72.8 Å². The van der Waals surface area contributed by atoms with Gasteiger partial charge in [-0.05, 0) is 58.9 Å². The van der Waals surface area contributed by atoms with Crippen molar-refractivity contribution in [1.29, 1.82) is 0 Å². The highest BCUT2D eigenvalue weighted by atomic mass is 17.1. The summed E-state index contributed by atoms with van der Waals surface area (Å²) in [7, 11) is 0. The van der Waals surface area contributed by atoms with E-state index in [1.807, 2.05) is 69.3 Å². The summed E-state index contributed by atoms with van der Waals surface area (Å²) in [5.41, 5.74) is 3.56. The number of tetrazole rings is 1. The molecule has 1 heterocycles. The monoisotopic (exact) mass is 811 g/mol. The van der Waals surface area contributed by atoms with E-state index in [4.69, 9.17) is 39.8 Å². The number of ether oxygens (including phenoxy) is 4. The van der Waals surface area contributed by atoms with E-state index in [2.05, 4.69) is 25.1 Å². The van der Waals surface area contributed by atoms with Crippen LogP contribution in [0.2, 0.25) is 0 Å². The van der Waals surface area contributed by atoms with Crippen LogP contribution >= 0.6 is 0 Å². The maximum atomic E-state index is 13.7. The van der Waals surface area contributed by atoms with Crippen LogP contribution in [0.5, 0.6) is 5.75 Å². The molecule has 4 N–H and O–H groups in total. The van der Waals surface area contributed by atoms with Crippen LogP contribution in [0.4, 0.5) is 4.79 Å². The van der Waals surface area contributed by atoms with E-state index in [9.17, 15) is 14.4 Å². The lowest BCUT2D eigenvalue weighted by Gasteiger charge is -2.33. The zero-order valence-corrected chi connectivity index (χ0v) is 32.6. The molecule has 1 aromatic heterocycles. The van der Waals surface area contributed by atoms with Crippen molar-refractivity contribution in [3.63, 3.8) is 0 Å². The Kier molecular flexibility index (Phi) is 18.0. The molecule has 0 saturated carbocycles. The largest absolute Gasteiger partial charge is 0.510 e. The number of aromatic nitrogens is 4. The second kappa shape index (κ2) is 23.1. The molecular weight excluding hydrogens is 762 g/mol. The van der Waals surface area contributed by atoms with Crippen molar-refractivity contribution >= 4 is 18.0 Å². The molecule has 0 aliphatic rings. The van der Waals surface area contributed by atoms with Gasteiger partial charge in [0.2, 0.25) is 18.0 Å². The SMILES string of the molecule is CCCCC(=O)N(Cc1ccc(-c2ccccc2-c2nnn(C(C)OC(=O)OCCOCCON(O)O)n2)cc1)[C@H](C(=O)Oc1cccc(CON(O)O)c1)C(C)C. The zero-order chi connectivity index (χ0) is 42.0. The van der Waals surface area contributed by atoms with Gasteiger partial charge in [-0.3, -0.25) is 25.6 Å². The van der Waals surface area contributed by atoms with Gasteiger partial charge < -0.3 is 23.8 Å². The number of rotatable bonds is 23. The summed E-state index contributed by atoms with van der Waals surface area (Å²) in [6, 6.07) is 20.5. The molecule has 58 heavy (non-hydrogen) atoms. The van der Waals surface area contributed by atoms with E-state index in [0.29, 0.717) is 17.5 Å². The van der Waals surface area contributed by atoms with Gasteiger partial charge in [-0.1, -0.05) is 87.9 Å². The lowest BCUT2D eigenvalue weighted by Crippen LogP contribution is -2.49. The molecule has 4 aromatic rings. The highest BCUT2D eigenvalue weighted by Crippen LogP contribution is 2.31. The first kappa shape index (κ1) is 45.3. The fraction of sp³-hybridized carbons (Fsp3) is 0.421. The minimum atomic E-state index is -0.984. The molecule has 0 fully saturated rings. The predicted molar refractivity (Wildman–Crippen MR) is 199 cm³/mol. The molecule has 20 heteroatoms. The fourth-order valence-corrected chi connectivity index (χ4v) is 5.67. The first-order valence-corrected chi connectivity index (χ1v) is 18.5. The Morgan fingerprint density at radius 3 is 2.21 bits per heavy atom. The molecule has 1 unspecified atom stereocenters. The summed E-state index contributed by atoms with van der Waals surface area (Å²) in [6.07, 6.45) is -0.241. The maximum absolute atomic E-state index is 13.7. The molecule has 0 aliphatic heterocycles. The van der Waals surface area contributed by atoms with E-state index in [-0.39, 0.29) is 69.4 Å². The van der Waals surface area contributed by atoms with Crippen LogP contribution in [-0.4, -0.2) is 107 Å². The highest BCUT2D eigenvalue weighted by molar-refractivity contribution is 5.86. The van der Waals surface area contributed by atoms with E-state index >= 15 is 0 Å². The van der Waals surface area contributed by atoms with Crippen LogP contribution < -0.4 is 4.74 Å².